The smallest absolute Gasteiger partial charge is 0.134 e. The Morgan fingerprint density at radius 3 is 2.94 bits per heavy atom. The molecule has 0 amide bonds. The quantitative estimate of drug-likeness (QED) is 0.883. The molecule has 1 N–H and O–H groups in total. The molecule has 0 spiro atoms. The van der Waals surface area contributed by atoms with E-state index in [9.17, 15) is 0 Å². The van der Waals surface area contributed by atoms with Gasteiger partial charge in [-0.3, -0.25) is 0 Å². The summed E-state index contributed by atoms with van der Waals surface area (Å²) in [4.78, 5) is 9.26. The Bertz CT molecular complexity index is 435. The fourth-order valence-corrected chi connectivity index (χ4v) is 3.03. The van der Waals surface area contributed by atoms with E-state index in [0.29, 0.717) is 18.1 Å². The van der Waals surface area contributed by atoms with Crippen LogP contribution < -0.4 is 5.32 Å². The first-order valence-corrected chi connectivity index (χ1v) is 6.96. The Kier molecular flexibility index (Phi) is 3.31. The monoisotopic (exact) mass is 247 g/mol. The Labute approximate surface area is 108 Å². The Hall–Kier alpha value is -1.00. The molecule has 1 aromatic rings. The number of ether oxygens (including phenoxy) is 1. The highest BCUT2D eigenvalue weighted by Crippen LogP contribution is 2.43. The van der Waals surface area contributed by atoms with Gasteiger partial charge in [-0.2, -0.15) is 0 Å². The summed E-state index contributed by atoms with van der Waals surface area (Å²) < 4.78 is 5.88. The minimum Gasteiger partial charge on any atom is -0.374 e. The van der Waals surface area contributed by atoms with Gasteiger partial charge in [-0.25, -0.2) is 9.97 Å². The van der Waals surface area contributed by atoms with Gasteiger partial charge in [0.1, 0.15) is 5.82 Å². The molecule has 2 saturated heterocycles. The average molecular weight is 247 g/mol. The average Bonchev–Trinajstić information content (AvgIpc) is 2.99. The van der Waals surface area contributed by atoms with Crippen LogP contribution in [0.4, 0.5) is 0 Å². The second kappa shape index (κ2) is 4.94. The zero-order valence-corrected chi connectivity index (χ0v) is 11.1. The highest BCUT2D eigenvalue weighted by atomic mass is 16.5. The molecule has 2 fully saturated rings. The van der Waals surface area contributed by atoms with Crippen molar-refractivity contribution in [1.82, 2.24) is 15.3 Å². The maximum atomic E-state index is 5.88. The topological polar surface area (TPSA) is 47.0 Å². The van der Waals surface area contributed by atoms with Crippen LogP contribution in [0, 0.1) is 6.92 Å². The fraction of sp³-hybridized carbons (Fsp3) is 0.714. The van der Waals surface area contributed by atoms with E-state index >= 15 is 0 Å². The molecule has 3 rings (SSSR count). The van der Waals surface area contributed by atoms with E-state index in [2.05, 4.69) is 24.1 Å². The summed E-state index contributed by atoms with van der Waals surface area (Å²) in [6.45, 7) is 6.01. The first-order chi connectivity index (χ1) is 8.78. The van der Waals surface area contributed by atoms with Crippen molar-refractivity contribution < 1.29 is 4.74 Å². The number of fused-ring (bicyclic) bond motifs is 2. The second-order valence-corrected chi connectivity index (χ2v) is 5.34. The fourth-order valence-electron chi connectivity index (χ4n) is 3.03. The van der Waals surface area contributed by atoms with Crippen LogP contribution in [0.5, 0.6) is 0 Å². The van der Waals surface area contributed by atoms with Crippen LogP contribution in [-0.2, 0) is 11.3 Å². The molecule has 98 valence electrons. The first-order valence-electron chi connectivity index (χ1n) is 6.96. The molecule has 0 aliphatic carbocycles. The molecule has 3 unspecified atom stereocenters. The van der Waals surface area contributed by atoms with Gasteiger partial charge in [0.2, 0.25) is 0 Å². The molecule has 1 aromatic heterocycles. The number of nitrogens with zero attached hydrogens (tertiary/aromatic N) is 2. The third-order valence-electron chi connectivity index (χ3n) is 4.10. The number of aryl methyl sites for hydroxylation is 1. The largest absolute Gasteiger partial charge is 0.374 e. The second-order valence-electron chi connectivity index (χ2n) is 5.34. The molecule has 2 aliphatic heterocycles. The summed E-state index contributed by atoms with van der Waals surface area (Å²) in [6.07, 6.45) is 6.32. The molecule has 0 saturated carbocycles. The van der Waals surface area contributed by atoms with Gasteiger partial charge in [0.05, 0.1) is 12.2 Å². The lowest BCUT2D eigenvalue weighted by Gasteiger charge is -2.18. The predicted molar refractivity (Wildman–Crippen MR) is 69.4 cm³/mol. The Balaban J connectivity index is 1.76. The molecule has 0 aromatic carbocycles. The number of hydrogen-bond donors (Lipinski definition) is 1. The van der Waals surface area contributed by atoms with Crippen LogP contribution >= 0.6 is 0 Å². The van der Waals surface area contributed by atoms with Crippen LogP contribution in [0.15, 0.2) is 6.20 Å². The van der Waals surface area contributed by atoms with Gasteiger partial charge in [0.25, 0.3) is 0 Å². The van der Waals surface area contributed by atoms with Crippen LogP contribution in [0.1, 0.15) is 49.2 Å². The summed E-state index contributed by atoms with van der Waals surface area (Å²) >= 11 is 0. The molecule has 3 atom stereocenters. The molecule has 2 bridgehead atoms. The van der Waals surface area contributed by atoms with E-state index in [4.69, 9.17) is 9.72 Å². The van der Waals surface area contributed by atoms with Gasteiger partial charge in [-0.05, 0) is 32.7 Å². The zero-order valence-electron chi connectivity index (χ0n) is 11.1. The van der Waals surface area contributed by atoms with E-state index in [1.807, 2.05) is 6.20 Å². The third-order valence-corrected chi connectivity index (χ3v) is 4.10. The SMILES string of the molecule is CCNCc1cnc(C2CC3CCC2O3)nc1C. The Morgan fingerprint density at radius 1 is 1.44 bits per heavy atom. The van der Waals surface area contributed by atoms with Crippen molar-refractivity contribution >= 4 is 0 Å². The highest BCUT2D eigenvalue weighted by molar-refractivity contribution is 5.19. The minimum atomic E-state index is 0.369. The maximum Gasteiger partial charge on any atom is 0.134 e. The van der Waals surface area contributed by atoms with Crippen molar-refractivity contribution in [3.8, 4) is 0 Å². The zero-order chi connectivity index (χ0) is 12.5. The molecular weight excluding hydrogens is 226 g/mol. The third kappa shape index (κ3) is 2.15. The lowest BCUT2D eigenvalue weighted by Crippen LogP contribution is -2.19. The minimum absolute atomic E-state index is 0.369. The van der Waals surface area contributed by atoms with Crippen molar-refractivity contribution in [2.75, 3.05) is 6.54 Å². The van der Waals surface area contributed by atoms with E-state index in [-0.39, 0.29) is 0 Å². The molecule has 2 aliphatic rings. The number of hydrogen-bond acceptors (Lipinski definition) is 4. The van der Waals surface area contributed by atoms with E-state index in [1.165, 1.54) is 18.4 Å². The standard InChI is InChI=1S/C14H21N3O/c1-3-15-7-10-8-16-14(17-9(10)2)12-6-11-4-5-13(12)18-11/h8,11-13,15H,3-7H2,1-2H3. The van der Waals surface area contributed by atoms with Crippen molar-refractivity contribution in [2.45, 2.75) is 57.8 Å². The summed E-state index contributed by atoms with van der Waals surface area (Å²) in [5, 5.41) is 3.32. The van der Waals surface area contributed by atoms with Gasteiger partial charge in [-0.15, -0.1) is 0 Å². The molecule has 4 heteroatoms. The van der Waals surface area contributed by atoms with E-state index in [0.717, 1.165) is 31.0 Å². The van der Waals surface area contributed by atoms with Crippen LogP contribution in [0.25, 0.3) is 0 Å². The van der Waals surface area contributed by atoms with E-state index in [1.54, 1.807) is 0 Å². The van der Waals surface area contributed by atoms with Crippen molar-refractivity contribution in [1.29, 1.82) is 0 Å². The molecular formula is C14H21N3O. The normalized spacial score (nSPS) is 30.0. The number of rotatable bonds is 4. The van der Waals surface area contributed by atoms with Gasteiger partial charge < -0.3 is 10.1 Å². The van der Waals surface area contributed by atoms with Crippen LogP contribution in [0.2, 0.25) is 0 Å². The molecule has 18 heavy (non-hydrogen) atoms. The lowest BCUT2D eigenvalue weighted by molar-refractivity contribution is 0.0998. The summed E-state index contributed by atoms with van der Waals surface area (Å²) in [5.41, 5.74) is 2.30. The van der Waals surface area contributed by atoms with Crippen molar-refractivity contribution in [3.05, 3.63) is 23.3 Å². The lowest BCUT2D eigenvalue weighted by atomic mass is 9.88. The number of nitrogens with one attached hydrogen (secondary N) is 1. The van der Waals surface area contributed by atoms with E-state index < -0.39 is 0 Å². The van der Waals surface area contributed by atoms with Gasteiger partial charge in [-0.1, -0.05) is 6.92 Å². The first kappa shape index (κ1) is 12.1. The van der Waals surface area contributed by atoms with Gasteiger partial charge in [0.15, 0.2) is 0 Å². The summed E-state index contributed by atoms with van der Waals surface area (Å²) in [7, 11) is 0. The highest BCUT2D eigenvalue weighted by Gasteiger charge is 2.42. The van der Waals surface area contributed by atoms with Crippen molar-refractivity contribution in [3.63, 3.8) is 0 Å². The van der Waals surface area contributed by atoms with Crippen molar-refractivity contribution in [2.24, 2.45) is 0 Å². The Morgan fingerprint density at radius 2 is 2.33 bits per heavy atom. The van der Waals surface area contributed by atoms with Gasteiger partial charge >= 0.3 is 0 Å². The molecule has 3 heterocycles. The molecule has 0 radical (unpaired) electrons. The molecule has 4 nitrogen and oxygen atoms in total. The van der Waals surface area contributed by atoms with Crippen LogP contribution in [-0.4, -0.2) is 28.7 Å². The van der Waals surface area contributed by atoms with Crippen LogP contribution in [0.3, 0.4) is 0 Å². The predicted octanol–water partition coefficient (Wildman–Crippen LogP) is 1.93. The maximum absolute atomic E-state index is 5.88. The summed E-state index contributed by atoms with van der Waals surface area (Å²) in [5.74, 6) is 1.41. The number of aromatic nitrogens is 2. The van der Waals surface area contributed by atoms with Gasteiger partial charge in [0, 0.05) is 29.9 Å². The summed E-state index contributed by atoms with van der Waals surface area (Å²) in [6, 6.07) is 0.